The summed E-state index contributed by atoms with van der Waals surface area (Å²) in [6.07, 6.45) is 0. The molecule has 0 spiro atoms. The molecule has 0 fully saturated rings. The monoisotopic (exact) mass is 288 g/mol. The second-order valence-electron chi connectivity index (χ2n) is 5.07. The third-order valence-corrected chi connectivity index (χ3v) is 3.70. The Hall–Kier alpha value is -1.47. The molecule has 2 aromatic rings. The van der Waals surface area contributed by atoms with Crippen LogP contribution in [0, 0.1) is 6.92 Å². The van der Waals surface area contributed by atoms with Crippen LogP contribution in [0.3, 0.4) is 0 Å². The maximum Gasteiger partial charge on any atom is 0.119 e. The first-order valence-corrected chi connectivity index (χ1v) is 7.49. The molecule has 0 aliphatic rings. The van der Waals surface area contributed by atoms with Crippen molar-refractivity contribution in [1.29, 1.82) is 0 Å². The van der Waals surface area contributed by atoms with Crippen LogP contribution in [-0.4, -0.2) is 12.0 Å². The molecule has 2 atom stereocenters. The van der Waals surface area contributed by atoms with Crippen molar-refractivity contribution in [3.63, 3.8) is 0 Å². The van der Waals surface area contributed by atoms with Gasteiger partial charge in [0, 0.05) is 11.3 Å². The second kappa shape index (κ2) is 6.81. The van der Waals surface area contributed by atoms with Gasteiger partial charge in [0.1, 0.15) is 5.75 Å². The maximum atomic E-state index is 6.42. The Balaban J connectivity index is 2.30. The van der Waals surface area contributed by atoms with E-state index in [1.54, 1.807) is 0 Å². The Bertz CT molecular complexity index is 528. The minimum absolute atomic E-state index is 0.0376. The van der Waals surface area contributed by atoms with E-state index in [1.807, 2.05) is 26.0 Å². The van der Waals surface area contributed by atoms with Crippen molar-refractivity contribution < 1.29 is 4.74 Å². The summed E-state index contributed by atoms with van der Waals surface area (Å²) in [5.74, 6) is 1.11. The molecule has 1 nitrogen and oxygen atoms in total. The zero-order valence-corrected chi connectivity index (χ0v) is 13.0. The lowest BCUT2D eigenvalue weighted by atomic mass is 9.88. The van der Waals surface area contributed by atoms with E-state index in [2.05, 4.69) is 43.3 Å². The van der Waals surface area contributed by atoms with Crippen LogP contribution in [0.15, 0.2) is 48.5 Å². The smallest absolute Gasteiger partial charge is 0.119 e. The average Bonchev–Trinajstić information content (AvgIpc) is 2.43. The molecular formula is C18H21ClO. The van der Waals surface area contributed by atoms with E-state index in [4.69, 9.17) is 16.3 Å². The summed E-state index contributed by atoms with van der Waals surface area (Å²) in [4.78, 5) is 0. The molecule has 0 bridgehead atoms. The number of rotatable bonds is 5. The minimum Gasteiger partial charge on any atom is -0.494 e. The zero-order valence-electron chi connectivity index (χ0n) is 12.3. The number of benzene rings is 2. The number of aryl methyl sites for hydroxylation is 1. The molecule has 2 unspecified atom stereocenters. The maximum absolute atomic E-state index is 6.42. The summed E-state index contributed by atoms with van der Waals surface area (Å²) in [7, 11) is 0. The number of alkyl halides is 1. The van der Waals surface area contributed by atoms with Gasteiger partial charge in [-0.2, -0.15) is 0 Å². The molecule has 0 aliphatic heterocycles. The van der Waals surface area contributed by atoms with Crippen molar-refractivity contribution in [1.82, 2.24) is 0 Å². The van der Waals surface area contributed by atoms with Crippen molar-refractivity contribution in [3.8, 4) is 5.75 Å². The summed E-state index contributed by atoms with van der Waals surface area (Å²) in [5.41, 5.74) is 3.74. The Morgan fingerprint density at radius 2 is 1.45 bits per heavy atom. The quantitative estimate of drug-likeness (QED) is 0.691. The standard InChI is InChI=1S/C18H21ClO/c1-4-20-17-11-9-16(10-12-17)18(14(3)19)15-7-5-13(2)6-8-15/h5-12,14,18H,4H2,1-3H3. The molecule has 2 heteroatoms. The van der Waals surface area contributed by atoms with Crippen LogP contribution in [0.5, 0.6) is 5.75 Å². The van der Waals surface area contributed by atoms with Crippen LogP contribution >= 0.6 is 11.6 Å². The molecule has 0 heterocycles. The Labute approximate surface area is 126 Å². The molecular weight excluding hydrogens is 268 g/mol. The van der Waals surface area contributed by atoms with Crippen LogP contribution in [0.2, 0.25) is 0 Å². The second-order valence-corrected chi connectivity index (χ2v) is 5.76. The minimum atomic E-state index is 0.0376. The third kappa shape index (κ3) is 3.55. The van der Waals surface area contributed by atoms with Gasteiger partial charge in [0.2, 0.25) is 0 Å². The highest BCUT2D eigenvalue weighted by atomic mass is 35.5. The molecule has 0 saturated heterocycles. The van der Waals surface area contributed by atoms with Crippen molar-refractivity contribution in [2.75, 3.05) is 6.61 Å². The van der Waals surface area contributed by atoms with E-state index in [1.165, 1.54) is 16.7 Å². The lowest BCUT2D eigenvalue weighted by Gasteiger charge is -2.21. The summed E-state index contributed by atoms with van der Waals surface area (Å²) in [6.45, 7) is 6.82. The van der Waals surface area contributed by atoms with Crippen LogP contribution < -0.4 is 4.74 Å². The van der Waals surface area contributed by atoms with Gasteiger partial charge in [-0.25, -0.2) is 0 Å². The van der Waals surface area contributed by atoms with Crippen LogP contribution in [0.25, 0.3) is 0 Å². The normalized spacial score (nSPS) is 13.8. The largest absolute Gasteiger partial charge is 0.494 e. The van der Waals surface area contributed by atoms with Gasteiger partial charge in [0.25, 0.3) is 0 Å². The Kier molecular flexibility index (Phi) is 5.08. The fourth-order valence-electron chi connectivity index (χ4n) is 2.43. The van der Waals surface area contributed by atoms with Crippen molar-refractivity contribution >= 4 is 11.6 Å². The van der Waals surface area contributed by atoms with Gasteiger partial charge in [-0.3, -0.25) is 0 Å². The number of hydrogen-bond donors (Lipinski definition) is 0. The van der Waals surface area contributed by atoms with Crippen LogP contribution in [0.4, 0.5) is 0 Å². The Morgan fingerprint density at radius 1 is 0.950 bits per heavy atom. The molecule has 2 aromatic carbocycles. The highest BCUT2D eigenvalue weighted by Crippen LogP contribution is 2.32. The van der Waals surface area contributed by atoms with E-state index in [0.29, 0.717) is 6.61 Å². The molecule has 2 rings (SSSR count). The van der Waals surface area contributed by atoms with Gasteiger partial charge < -0.3 is 4.74 Å². The highest BCUT2D eigenvalue weighted by molar-refractivity contribution is 6.21. The number of ether oxygens (including phenoxy) is 1. The fraction of sp³-hybridized carbons (Fsp3) is 0.333. The summed E-state index contributed by atoms with van der Waals surface area (Å²) in [6, 6.07) is 16.8. The lowest BCUT2D eigenvalue weighted by molar-refractivity contribution is 0.340. The fourth-order valence-corrected chi connectivity index (χ4v) is 2.73. The van der Waals surface area contributed by atoms with Crippen LogP contribution in [0.1, 0.15) is 36.5 Å². The molecule has 0 radical (unpaired) electrons. The first-order chi connectivity index (χ1) is 9.61. The summed E-state index contributed by atoms with van der Waals surface area (Å²) < 4.78 is 5.49. The topological polar surface area (TPSA) is 9.23 Å². The first kappa shape index (κ1) is 14.9. The average molecular weight is 289 g/mol. The predicted molar refractivity (Wildman–Crippen MR) is 85.9 cm³/mol. The van der Waals surface area contributed by atoms with Gasteiger partial charge in [-0.15, -0.1) is 11.6 Å². The van der Waals surface area contributed by atoms with Crippen LogP contribution in [-0.2, 0) is 0 Å². The highest BCUT2D eigenvalue weighted by Gasteiger charge is 2.19. The third-order valence-electron chi connectivity index (χ3n) is 3.45. The van der Waals surface area contributed by atoms with Gasteiger partial charge in [0.15, 0.2) is 0 Å². The summed E-state index contributed by atoms with van der Waals surface area (Å²) >= 11 is 6.42. The molecule has 0 aromatic heterocycles. The molecule has 20 heavy (non-hydrogen) atoms. The SMILES string of the molecule is CCOc1ccc(C(c2ccc(C)cc2)C(C)Cl)cc1. The van der Waals surface area contributed by atoms with Gasteiger partial charge in [0.05, 0.1) is 6.61 Å². The molecule has 0 aliphatic carbocycles. The van der Waals surface area contributed by atoms with Gasteiger partial charge in [-0.1, -0.05) is 42.0 Å². The van der Waals surface area contributed by atoms with E-state index < -0.39 is 0 Å². The van der Waals surface area contributed by atoms with Crippen molar-refractivity contribution in [2.24, 2.45) is 0 Å². The van der Waals surface area contributed by atoms with E-state index in [0.717, 1.165) is 5.75 Å². The van der Waals surface area contributed by atoms with E-state index >= 15 is 0 Å². The Morgan fingerprint density at radius 3 is 1.90 bits per heavy atom. The number of halogens is 1. The molecule has 0 amide bonds. The van der Waals surface area contributed by atoms with E-state index in [-0.39, 0.29) is 11.3 Å². The van der Waals surface area contributed by atoms with E-state index in [9.17, 15) is 0 Å². The number of hydrogen-bond acceptors (Lipinski definition) is 1. The summed E-state index contributed by atoms with van der Waals surface area (Å²) in [5, 5.41) is 0.0376. The first-order valence-electron chi connectivity index (χ1n) is 7.05. The van der Waals surface area contributed by atoms with Gasteiger partial charge in [-0.05, 0) is 44.0 Å². The lowest BCUT2D eigenvalue weighted by Crippen LogP contribution is -2.11. The molecule has 0 saturated carbocycles. The van der Waals surface area contributed by atoms with Crippen molar-refractivity contribution in [3.05, 3.63) is 65.2 Å². The zero-order chi connectivity index (χ0) is 14.5. The molecule has 0 N–H and O–H groups in total. The van der Waals surface area contributed by atoms with Gasteiger partial charge >= 0.3 is 0 Å². The predicted octanol–water partition coefficient (Wildman–Crippen LogP) is 5.15. The van der Waals surface area contributed by atoms with Crippen molar-refractivity contribution in [2.45, 2.75) is 32.1 Å². The molecule has 106 valence electrons.